The topological polar surface area (TPSA) is 66.5 Å². The molecule has 0 aromatic heterocycles. The SMILES string of the molecule is O=C(Nc1ccccc1)C1Cc2ccccc2CN1S(=O)(=O)c1ccc(Cl)cc1. The molecule has 1 aliphatic rings. The van der Waals surface area contributed by atoms with E-state index in [1.807, 2.05) is 42.5 Å². The molecule has 1 amide bonds. The van der Waals surface area contributed by atoms with Gasteiger partial charge in [0.05, 0.1) is 4.90 Å². The van der Waals surface area contributed by atoms with Gasteiger partial charge in [-0.2, -0.15) is 4.31 Å². The predicted octanol–water partition coefficient (Wildman–Crippen LogP) is 4.09. The van der Waals surface area contributed by atoms with Crippen molar-refractivity contribution in [3.8, 4) is 0 Å². The zero-order valence-electron chi connectivity index (χ0n) is 15.5. The van der Waals surface area contributed by atoms with Crippen molar-refractivity contribution in [2.75, 3.05) is 5.32 Å². The van der Waals surface area contributed by atoms with Crippen molar-refractivity contribution < 1.29 is 13.2 Å². The molecule has 7 heteroatoms. The Hall–Kier alpha value is -2.67. The van der Waals surface area contributed by atoms with Gasteiger partial charge in [-0.15, -0.1) is 0 Å². The number of nitrogens with zero attached hydrogens (tertiary/aromatic N) is 1. The Labute approximate surface area is 175 Å². The zero-order chi connectivity index (χ0) is 20.4. The number of para-hydroxylation sites is 1. The van der Waals surface area contributed by atoms with Gasteiger partial charge >= 0.3 is 0 Å². The lowest BCUT2D eigenvalue weighted by Crippen LogP contribution is -2.50. The minimum Gasteiger partial charge on any atom is -0.325 e. The zero-order valence-corrected chi connectivity index (χ0v) is 17.0. The number of carbonyl (C=O) groups excluding carboxylic acids is 1. The third kappa shape index (κ3) is 4.05. The van der Waals surface area contributed by atoms with E-state index in [0.717, 1.165) is 11.1 Å². The number of sulfonamides is 1. The third-order valence-corrected chi connectivity index (χ3v) is 7.09. The largest absolute Gasteiger partial charge is 0.325 e. The van der Waals surface area contributed by atoms with Gasteiger partial charge in [-0.1, -0.05) is 54.1 Å². The first-order valence-electron chi connectivity index (χ1n) is 9.15. The van der Waals surface area contributed by atoms with Crippen LogP contribution in [0.25, 0.3) is 0 Å². The number of fused-ring (bicyclic) bond motifs is 1. The number of nitrogens with one attached hydrogen (secondary N) is 1. The molecule has 1 atom stereocenters. The number of benzene rings is 3. The molecule has 0 saturated heterocycles. The highest BCUT2D eigenvalue weighted by Gasteiger charge is 2.39. The van der Waals surface area contributed by atoms with Crippen molar-refractivity contribution in [3.63, 3.8) is 0 Å². The maximum absolute atomic E-state index is 13.4. The molecule has 0 fully saturated rings. The van der Waals surface area contributed by atoms with E-state index >= 15 is 0 Å². The molecule has 4 rings (SSSR count). The van der Waals surface area contributed by atoms with Crippen LogP contribution in [0.2, 0.25) is 5.02 Å². The van der Waals surface area contributed by atoms with Crippen LogP contribution in [0.1, 0.15) is 11.1 Å². The van der Waals surface area contributed by atoms with Crippen LogP contribution in [-0.4, -0.2) is 24.7 Å². The fraction of sp³-hybridized carbons (Fsp3) is 0.136. The summed E-state index contributed by atoms with van der Waals surface area (Å²) in [4.78, 5) is 13.2. The molecule has 0 saturated carbocycles. The van der Waals surface area contributed by atoms with E-state index in [-0.39, 0.29) is 17.3 Å². The fourth-order valence-corrected chi connectivity index (χ4v) is 5.16. The van der Waals surface area contributed by atoms with E-state index in [4.69, 9.17) is 11.6 Å². The molecule has 29 heavy (non-hydrogen) atoms. The van der Waals surface area contributed by atoms with Crippen molar-refractivity contribution in [2.24, 2.45) is 0 Å². The first-order chi connectivity index (χ1) is 13.9. The van der Waals surface area contributed by atoms with Crippen molar-refractivity contribution in [2.45, 2.75) is 23.9 Å². The lowest BCUT2D eigenvalue weighted by atomic mass is 9.95. The monoisotopic (exact) mass is 426 g/mol. The highest BCUT2D eigenvalue weighted by molar-refractivity contribution is 7.89. The van der Waals surface area contributed by atoms with E-state index in [2.05, 4.69) is 5.32 Å². The molecular formula is C22H19ClN2O3S. The van der Waals surface area contributed by atoms with Crippen LogP contribution in [0, 0.1) is 0 Å². The summed E-state index contributed by atoms with van der Waals surface area (Å²) in [5.41, 5.74) is 2.50. The van der Waals surface area contributed by atoms with Gasteiger partial charge in [-0.25, -0.2) is 8.42 Å². The Morgan fingerprint density at radius 2 is 1.52 bits per heavy atom. The average Bonchev–Trinajstić information content (AvgIpc) is 2.74. The molecule has 3 aromatic carbocycles. The molecule has 5 nitrogen and oxygen atoms in total. The van der Waals surface area contributed by atoms with Gasteiger partial charge in [0.1, 0.15) is 6.04 Å². The van der Waals surface area contributed by atoms with Gasteiger partial charge < -0.3 is 5.32 Å². The lowest BCUT2D eigenvalue weighted by Gasteiger charge is -2.35. The van der Waals surface area contributed by atoms with Gasteiger partial charge in [-0.05, 0) is 53.9 Å². The molecule has 0 radical (unpaired) electrons. The normalized spacial score (nSPS) is 16.8. The minimum atomic E-state index is -3.89. The summed E-state index contributed by atoms with van der Waals surface area (Å²) in [5.74, 6) is -0.358. The first-order valence-corrected chi connectivity index (χ1v) is 11.0. The second-order valence-electron chi connectivity index (χ2n) is 6.85. The van der Waals surface area contributed by atoms with Gasteiger partial charge in [-0.3, -0.25) is 4.79 Å². The highest BCUT2D eigenvalue weighted by atomic mass is 35.5. The van der Waals surface area contributed by atoms with E-state index in [0.29, 0.717) is 17.1 Å². The Morgan fingerprint density at radius 1 is 0.897 bits per heavy atom. The molecule has 1 aliphatic heterocycles. The van der Waals surface area contributed by atoms with E-state index in [9.17, 15) is 13.2 Å². The maximum atomic E-state index is 13.4. The Bertz CT molecular complexity index is 1130. The van der Waals surface area contributed by atoms with E-state index < -0.39 is 16.1 Å². The molecule has 1 unspecified atom stereocenters. The number of hydrogen-bond donors (Lipinski definition) is 1. The molecule has 0 spiro atoms. The van der Waals surface area contributed by atoms with Crippen molar-refractivity contribution >= 4 is 33.2 Å². The second-order valence-corrected chi connectivity index (χ2v) is 9.18. The number of amides is 1. The molecule has 148 valence electrons. The summed E-state index contributed by atoms with van der Waals surface area (Å²) in [6.07, 6.45) is 0.307. The van der Waals surface area contributed by atoms with Crippen molar-refractivity contribution in [3.05, 3.63) is 95.0 Å². The number of hydrogen-bond acceptors (Lipinski definition) is 3. The number of halogens is 1. The minimum absolute atomic E-state index is 0.110. The van der Waals surface area contributed by atoms with Crippen molar-refractivity contribution in [1.82, 2.24) is 4.31 Å². The lowest BCUT2D eigenvalue weighted by molar-refractivity contribution is -0.120. The van der Waals surface area contributed by atoms with E-state index in [1.54, 1.807) is 12.1 Å². The molecule has 3 aromatic rings. The van der Waals surface area contributed by atoms with Crippen LogP contribution >= 0.6 is 11.6 Å². The Kier molecular flexibility index (Phi) is 5.41. The van der Waals surface area contributed by atoms with Gasteiger partial charge in [0.25, 0.3) is 0 Å². The number of anilines is 1. The maximum Gasteiger partial charge on any atom is 0.244 e. The van der Waals surface area contributed by atoms with Crippen LogP contribution in [0.3, 0.4) is 0 Å². The summed E-state index contributed by atoms with van der Waals surface area (Å²) in [6, 6.07) is 21.8. The third-order valence-electron chi connectivity index (χ3n) is 4.97. The quantitative estimate of drug-likeness (QED) is 0.683. The molecule has 1 N–H and O–H groups in total. The number of carbonyl (C=O) groups is 1. The summed E-state index contributed by atoms with van der Waals surface area (Å²) in [5, 5.41) is 3.29. The predicted molar refractivity (Wildman–Crippen MR) is 113 cm³/mol. The van der Waals surface area contributed by atoms with Gasteiger partial charge in [0.15, 0.2) is 0 Å². The molecule has 1 heterocycles. The van der Waals surface area contributed by atoms with Crippen LogP contribution in [0.5, 0.6) is 0 Å². The summed E-state index contributed by atoms with van der Waals surface area (Å²) >= 11 is 5.91. The Morgan fingerprint density at radius 3 is 2.21 bits per heavy atom. The molecule has 0 aliphatic carbocycles. The second kappa shape index (κ2) is 7.99. The van der Waals surface area contributed by atoms with Crippen LogP contribution < -0.4 is 5.32 Å². The summed E-state index contributed by atoms with van der Waals surface area (Å²) in [6.45, 7) is 0.133. The average molecular weight is 427 g/mol. The summed E-state index contributed by atoms with van der Waals surface area (Å²) < 4.78 is 28.0. The first kappa shape index (κ1) is 19.6. The summed E-state index contributed by atoms with van der Waals surface area (Å²) in [7, 11) is -3.89. The van der Waals surface area contributed by atoms with Crippen LogP contribution in [0.15, 0.2) is 83.8 Å². The van der Waals surface area contributed by atoms with Gasteiger partial charge in [0, 0.05) is 17.3 Å². The van der Waals surface area contributed by atoms with Crippen molar-refractivity contribution in [1.29, 1.82) is 0 Å². The van der Waals surface area contributed by atoms with Gasteiger partial charge in [0.2, 0.25) is 15.9 Å². The Balaban J connectivity index is 1.72. The fourth-order valence-electron chi connectivity index (χ4n) is 3.46. The number of rotatable bonds is 4. The standard InChI is InChI=1S/C22H19ClN2O3S/c23-18-10-12-20(13-11-18)29(27,28)25-15-17-7-5-4-6-16(17)14-21(25)22(26)24-19-8-2-1-3-9-19/h1-13,21H,14-15H2,(H,24,26). The van der Waals surface area contributed by atoms with Crippen LogP contribution in [-0.2, 0) is 27.8 Å². The molecular weight excluding hydrogens is 408 g/mol. The highest BCUT2D eigenvalue weighted by Crippen LogP contribution is 2.30. The van der Waals surface area contributed by atoms with Crippen LogP contribution in [0.4, 0.5) is 5.69 Å². The van der Waals surface area contributed by atoms with E-state index in [1.165, 1.54) is 28.6 Å². The molecule has 0 bridgehead atoms. The smallest absolute Gasteiger partial charge is 0.244 e.